The number of fused-ring (bicyclic) bond motifs is 1. The number of carboxylic acids is 1. The molecule has 0 amide bonds. The number of aromatic nitrogens is 2. The monoisotopic (exact) mass is 436 g/mol. The third-order valence-electron chi connectivity index (χ3n) is 4.27. The average molecular weight is 437 g/mol. The van der Waals surface area contributed by atoms with Crippen LogP contribution in [0, 0.1) is 0 Å². The Kier molecular flexibility index (Phi) is 6.07. The van der Waals surface area contributed by atoms with Crippen LogP contribution in [0.25, 0.3) is 17.1 Å². The Morgan fingerprint density at radius 1 is 1.10 bits per heavy atom. The smallest absolute Gasteiger partial charge is 0.342 e. The number of thioether (sulfide) groups is 1. The normalized spacial score (nSPS) is 11.6. The summed E-state index contributed by atoms with van der Waals surface area (Å²) in [6.07, 6.45) is 1.59. The van der Waals surface area contributed by atoms with Crippen LogP contribution in [0.3, 0.4) is 0 Å². The summed E-state index contributed by atoms with van der Waals surface area (Å²) < 4.78 is 5.93. The van der Waals surface area contributed by atoms with Gasteiger partial charge in [0, 0.05) is 10.6 Å². The average Bonchev–Trinajstić information content (AvgIpc) is 3.15. The summed E-state index contributed by atoms with van der Waals surface area (Å²) >= 11 is 7.09. The van der Waals surface area contributed by atoms with E-state index in [9.17, 15) is 9.90 Å². The lowest BCUT2D eigenvalue weighted by Crippen LogP contribution is -1.99. The van der Waals surface area contributed by atoms with E-state index in [1.165, 1.54) is 0 Å². The van der Waals surface area contributed by atoms with Gasteiger partial charge >= 0.3 is 5.97 Å². The van der Waals surface area contributed by atoms with Crippen molar-refractivity contribution < 1.29 is 14.6 Å². The summed E-state index contributed by atoms with van der Waals surface area (Å²) in [6.45, 7) is 0.324. The summed E-state index contributed by atoms with van der Waals surface area (Å²) in [5.74, 6) is -0.452. The molecule has 0 unspecified atom stereocenters. The van der Waals surface area contributed by atoms with Crippen LogP contribution in [-0.4, -0.2) is 21.0 Å². The summed E-state index contributed by atoms with van der Waals surface area (Å²) in [6, 6.07) is 22.3. The van der Waals surface area contributed by atoms with Gasteiger partial charge in [-0.2, -0.15) is 0 Å². The lowest BCUT2D eigenvalue weighted by atomic mass is 10.2. The van der Waals surface area contributed by atoms with Gasteiger partial charge in [0.25, 0.3) is 0 Å². The van der Waals surface area contributed by atoms with Crippen molar-refractivity contribution in [3.63, 3.8) is 0 Å². The van der Waals surface area contributed by atoms with E-state index in [2.05, 4.69) is 9.97 Å². The van der Waals surface area contributed by atoms with Gasteiger partial charge in [0.15, 0.2) is 5.16 Å². The molecule has 0 saturated heterocycles. The van der Waals surface area contributed by atoms with E-state index in [0.29, 0.717) is 28.1 Å². The van der Waals surface area contributed by atoms with Gasteiger partial charge in [0.05, 0.1) is 11.0 Å². The Morgan fingerprint density at radius 3 is 2.70 bits per heavy atom. The van der Waals surface area contributed by atoms with Gasteiger partial charge in [-0.25, -0.2) is 9.78 Å². The van der Waals surface area contributed by atoms with Crippen LogP contribution in [0.5, 0.6) is 5.75 Å². The van der Waals surface area contributed by atoms with E-state index < -0.39 is 5.97 Å². The molecule has 0 saturated carbocycles. The molecule has 0 aliphatic rings. The van der Waals surface area contributed by atoms with Gasteiger partial charge in [0.1, 0.15) is 17.3 Å². The first-order valence-electron chi connectivity index (χ1n) is 9.12. The highest BCUT2D eigenvalue weighted by Gasteiger charge is 2.14. The number of H-pyrrole nitrogens is 1. The first-order valence-corrected chi connectivity index (χ1v) is 10.3. The molecule has 0 aliphatic heterocycles. The number of imidazole rings is 1. The molecule has 1 aromatic heterocycles. The molecule has 7 heteroatoms. The molecule has 4 rings (SSSR count). The van der Waals surface area contributed by atoms with Crippen molar-refractivity contribution in [1.29, 1.82) is 0 Å². The fourth-order valence-corrected chi connectivity index (χ4v) is 3.88. The molecule has 3 aromatic carbocycles. The Morgan fingerprint density at radius 2 is 1.90 bits per heavy atom. The third-order valence-corrected chi connectivity index (χ3v) is 5.41. The quantitative estimate of drug-likeness (QED) is 0.274. The maximum absolute atomic E-state index is 11.9. The SMILES string of the molecule is O=C(O)/C(=C/c1ccccc1OCc1cccc(Cl)c1)Sc1nc2ccccc2[nH]1. The number of carboxylic acid groups (broad SMARTS) is 1. The third kappa shape index (κ3) is 4.84. The molecule has 0 spiro atoms. The molecule has 1 heterocycles. The molecule has 0 atom stereocenters. The summed E-state index contributed by atoms with van der Waals surface area (Å²) in [4.78, 5) is 19.6. The minimum absolute atomic E-state index is 0.132. The van der Waals surface area contributed by atoms with E-state index in [-0.39, 0.29) is 4.91 Å². The zero-order valence-corrected chi connectivity index (χ0v) is 17.3. The Balaban J connectivity index is 1.58. The molecule has 4 aromatic rings. The van der Waals surface area contributed by atoms with Crippen LogP contribution >= 0.6 is 23.4 Å². The van der Waals surface area contributed by atoms with Gasteiger partial charge in [0.2, 0.25) is 0 Å². The van der Waals surface area contributed by atoms with Crippen molar-refractivity contribution in [2.45, 2.75) is 11.8 Å². The van der Waals surface area contributed by atoms with Crippen molar-refractivity contribution in [2.24, 2.45) is 0 Å². The molecular formula is C23H17ClN2O3S. The van der Waals surface area contributed by atoms with Crippen molar-refractivity contribution in [2.75, 3.05) is 0 Å². The Hall–Kier alpha value is -3.22. The van der Waals surface area contributed by atoms with Crippen LogP contribution in [0.1, 0.15) is 11.1 Å². The highest BCUT2D eigenvalue weighted by Crippen LogP contribution is 2.31. The molecule has 2 N–H and O–H groups in total. The van der Waals surface area contributed by atoms with Crippen LogP contribution in [0.4, 0.5) is 0 Å². The van der Waals surface area contributed by atoms with Crippen LogP contribution in [0.2, 0.25) is 5.02 Å². The molecule has 150 valence electrons. The van der Waals surface area contributed by atoms with Gasteiger partial charge in [-0.3, -0.25) is 0 Å². The summed E-state index contributed by atoms with van der Waals surface area (Å²) in [5, 5.41) is 10.9. The molecule has 0 aliphatic carbocycles. The molecule has 0 radical (unpaired) electrons. The second-order valence-electron chi connectivity index (χ2n) is 6.43. The number of aliphatic carboxylic acids is 1. The maximum atomic E-state index is 11.9. The standard InChI is InChI=1S/C23H17ClN2O3S/c24-17-8-5-6-15(12-17)14-29-20-11-4-1-7-16(20)13-21(22(27)28)30-23-25-18-9-2-3-10-19(18)26-23/h1-13H,14H2,(H,25,26)(H,27,28)/b21-13-. The first kappa shape index (κ1) is 20.1. The number of ether oxygens (including phenoxy) is 1. The summed E-state index contributed by atoms with van der Waals surface area (Å²) in [7, 11) is 0. The number of benzene rings is 3. The van der Waals surface area contributed by atoms with Gasteiger partial charge in [-0.1, -0.05) is 54.1 Å². The first-order chi connectivity index (χ1) is 14.6. The largest absolute Gasteiger partial charge is 0.488 e. The van der Waals surface area contributed by atoms with Crippen LogP contribution < -0.4 is 4.74 Å². The molecule has 0 bridgehead atoms. The lowest BCUT2D eigenvalue weighted by molar-refractivity contribution is -0.131. The van der Waals surface area contributed by atoms with Crippen molar-refractivity contribution in [3.05, 3.63) is 93.9 Å². The predicted octanol–water partition coefficient (Wildman–Crippen LogP) is 6.01. The Labute approximate surface area is 182 Å². The number of rotatable bonds is 7. The predicted molar refractivity (Wildman–Crippen MR) is 120 cm³/mol. The Bertz CT molecular complexity index is 1200. The van der Waals surface area contributed by atoms with Crippen molar-refractivity contribution in [1.82, 2.24) is 9.97 Å². The van der Waals surface area contributed by atoms with E-state index >= 15 is 0 Å². The number of nitrogens with one attached hydrogen (secondary N) is 1. The fourth-order valence-electron chi connectivity index (χ4n) is 2.88. The van der Waals surface area contributed by atoms with Gasteiger partial charge in [-0.05, 0) is 53.7 Å². The van der Waals surface area contributed by atoms with E-state index in [1.54, 1.807) is 12.1 Å². The van der Waals surface area contributed by atoms with Crippen LogP contribution in [0.15, 0.2) is 82.9 Å². The van der Waals surface area contributed by atoms with Crippen molar-refractivity contribution in [3.8, 4) is 5.75 Å². The number of halogens is 1. The van der Waals surface area contributed by atoms with E-state index in [1.807, 2.05) is 66.7 Å². The van der Waals surface area contributed by atoms with E-state index in [0.717, 1.165) is 28.4 Å². The minimum Gasteiger partial charge on any atom is -0.488 e. The highest BCUT2D eigenvalue weighted by atomic mass is 35.5. The van der Waals surface area contributed by atoms with Gasteiger partial charge in [-0.15, -0.1) is 0 Å². The topological polar surface area (TPSA) is 75.2 Å². The molecule has 30 heavy (non-hydrogen) atoms. The second-order valence-corrected chi connectivity index (χ2v) is 7.90. The minimum atomic E-state index is -1.04. The number of para-hydroxylation sites is 3. The number of carbonyl (C=O) groups is 1. The fraction of sp³-hybridized carbons (Fsp3) is 0.0435. The van der Waals surface area contributed by atoms with Gasteiger partial charge < -0.3 is 14.8 Å². The number of hydrogen-bond acceptors (Lipinski definition) is 4. The summed E-state index contributed by atoms with van der Waals surface area (Å²) in [5.41, 5.74) is 3.24. The zero-order valence-electron chi connectivity index (χ0n) is 15.7. The number of aromatic amines is 1. The zero-order chi connectivity index (χ0) is 20.9. The maximum Gasteiger partial charge on any atom is 0.342 e. The molecular weight excluding hydrogens is 420 g/mol. The van der Waals surface area contributed by atoms with Crippen molar-refractivity contribution >= 4 is 46.4 Å². The molecule has 0 fully saturated rings. The highest BCUT2D eigenvalue weighted by molar-refractivity contribution is 8.04. The van der Waals surface area contributed by atoms with Crippen LogP contribution in [-0.2, 0) is 11.4 Å². The number of hydrogen-bond donors (Lipinski definition) is 2. The lowest BCUT2D eigenvalue weighted by Gasteiger charge is -2.10. The van der Waals surface area contributed by atoms with E-state index in [4.69, 9.17) is 16.3 Å². The number of nitrogens with zero attached hydrogens (tertiary/aromatic N) is 1. The molecule has 5 nitrogen and oxygen atoms in total. The second kappa shape index (κ2) is 9.07.